The number of nitrogens with one attached hydrogen (secondary N) is 2. The molecule has 4 amide bonds. The number of benzene rings is 3. The van der Waals surface area contributed by atoms with Crippen LogP contribution < -0.4 is 15.4 Å². The summed E-state index contributed by atoms with van der Waals surface area (Å²) in [6.45, 7) is -0.325. The zero-order chi connectivity index (χ0) is 25.8. The fourth-order valence-corrected chi connectivity index (χ4v) is 4.98. The number of ether oxygens (including phenoxy) is 1. The van der Waals surface area contributed by atoms with Gasteiger partial charge in [0.25, 0.3) is 5.91 Å². The van der Waals surface area contributed by atoms with Gasteiger partial charge >= 0.3 is 6.03 Å². The normalized spacial score (nSPS) is 14.2. The molecule has 1 aliphatic rings. The van der Waals surface area contributed by atoms with Gasteiger partial charge in [-0.05, 0) is 73.8 Å². The SMILES string of the molecule is O=C(CN1C(=O)N/C(=C/c2cc(Br)c(OCc3ccccc3Cl)c(Br)c2)C1=O)Nc1ccccc1F. The number of rotatable bonds is 7. The van der Waals surface area contributed by atoms with Gasteiger partial charge < -0.3 is 15.4 Å². The molecule has 1 aliphatic heterocycles. The maximum atomic E-state index is 13.8. The molecule has 0 aromatic heterocycles. The molecule has 1 heterocycles. The van der Waals surface area contributed by atoms with Crippen molar-refractivity contribution in [1.29, 1.82) is 0 Å². The van der Waals surface area contributed by atoms with E-state index in [0.29, 0.717) is 25.3 Å². The number of hydrogen-bond donors (Lipinski definition) is 2. The van der Waals surface area contributed by atoms with Crippen LogP contribution in [0.4, 0.5) is 14.9 Å². The van der Waals surface area contributed by atoms with Crippen LogP contribution in [0.15, 0.2) is 75.3 Å². The molecular weight excluding hydrogens is 621 g/mol. The average Bonchev–Trinajstić information content (AvgIpc) is 3.08. The number of carbonyl (C=O) groups excluding carboxylic acids is 3. The Morgan fingerprint density at radius 3 is 2.44 bits per heavy atom. The van der Waals surface area contributed by atoms with Crippen LogP contribution in [0.1, 0.15) is 11.1 Å². The van der Waals surface area contributed by atoms with Crippen LogP contribution >= 0.6 is 43.5 Å². The molecule has 0 spiro atoms. The summed E-state index contributed by atoms with van der Waals surface area (Å²) < 4.78 is 20.9. The fraction of sp³-hybridized carbons (Fsp3) is 0.0800. The lowest BCUT2D eigenvalue weighted by Crippen LogP contribution is -2.38. The Labute approximate surface area is 227 Å². The highest BCUT2D eigenvalue weighted by molar-refractivity contribution is 9.11. The number of nitrogens with zero attached hydrogens (tertiary/aromatic N) is 1. The van der Waals surface area contributed by atoms with E-state index in [-0.39, 0.29) is 18.0 Å². The van der Waals surface area contributed by atoms with Crippen molar-refractivity contribution >= 4 is 73.1 Å². The van der Waals surface area contributed by atoms with Gasteiger partial charge in [0.2, 0.25) is 5.91 Å². The van der Waals surface area contributed by atoms with Crippen LogP contribution in [0, 0.1) is 5.82 Å². The molecule has 3 aromatic rings. The van der Waals surface area contributed by atoms with Crippen molar-refractivity contribution in [2.75, 3.05) is 11.9 Å². The van der Waals surface area contributed by atoms with E-state index < -0.39 is 30.2 Å². The molecule has 0 unspecified atom stereocenters. The van der Waals surface area contributed by atoms with Gasteiger partial charge in [-0.3, -0.25) is 9.59 Å². The van der Waals surface area contributed by atoms with Crippen LogP contribution in [-0.4, -0.2) is 29.3 Å². The van der Waals surface area contributed by atoms with Crippen molar-refractivity contribution in [2.45, 2.75) is 6.61 Å². The molecule has 7 nitrogen and oxygen atoms in total. The molecule has 1 saturated heterocycles. The largest absolute Gasteiger partial charge is 0.486 e. The predicted molar refractivity (Wildman–Crippen MR) is 141 cm³/mol. The van der Waals surface area contributed by atoms with E-state index in [1.807, 2.05) is 18.2 Å². The Hall–Kier alpha value is -3.21. The van der Waals surface area contributed by atoms with Crippen LogP contribution in [0.3, 0.4) is 0 Å². The molecule has 11 heteroatoms. The van der Waals surface area contributed by atoms with E-state index in [4.69, 9.17) is 16.3 Å². The highest BCUT2D eigenvalue weighted by Gasteiger charge is 2.35. The van der Waals surface area contributed by atoms with Gasteiger partial charge in [0.15, 0.2) is 0 Å². The third-order valence-electron chi connectivity index (χ3n) is 5.07. The van der Waals surface area contributed by atoms with Crippen LogP contribution in [0.5, 0.6) is 5.75 Å². The highest BCUT2D eigenvalue weighted by Crippen LogP contribution is 2.36. The first-order chi connectivity index (χ1) is 17.2. The second-order valence-electron chi connectivity index (χ2n) is 7.60. The number of carbonyl (C=O) groups is 3. The van der Waals surface area contributed by atoms with E-state index in [9.17, 15) is 18.8 Å². The second kappa shape index (κ2) is 11.2. The van der Waals surface area contributed by atoms with E-state index in [2.05, 4.69) is 42.5 Å². The predicted octanol–water partition coefficient (Wildman–Crippen LogP) is 6.11. The molecule has 3 aromatic carbocycles. The number of anilines is 1. The molecule has 2 N–H and O–H groups in total. The minimum Gasteiger partial charge on any atom is -0.486 e. The summed E-state index contributed by atoms with van der Waals surface area (Å²) in [5, 5.41) is 5.40. The molecule has 0 saturated carbocycles. The summed E-state index contributed by atoms with van der Waals surface area (Å²) in [6, 6.07) is 15.6. The summed E-state index contributed by atoms with van der Waals surface area (Å²) in [5.41, 5.74) is 1.35. The Morgan fingerprint density at radius 1 is 1.08 bits per heavy atom. The molecular formula is C25H17Br2ClFN3O4. The number of halogens is 4. The average molecular weight is 638 g/mol. The summed E-state index contributed by atoms with van der Waals surface area (Å²) >= 11 is 13.1. The molecule has 0 radical (unpaired) electrons. The van der Waals surface area contributed by atoms with E-state index in [1.54, 1.807) is 24.3 Å². The van der Waals surface area contributed by atoms with Gasteiger partial charge in [-0.1, -0.05) is 41.9 Å². The number of hydrogen-bond acceptors (Lipinski definition) is 4. The first-order valence-corrected chi connectivity index (χ1v) is 12.4. The number of urea groups is 1. The topological polar surface area (TPSA) is 87.7 Å². The van der Waals surface area contributed by atoms with Crippen LogP contribution in [0.2, 0.25) is 5.02 Å². The standard InChI is InChI=1S/C25H17Br2ClFN3O4/c26-16-9-14(10-17(27)23(16)36-13-15-5-1-2-6-18(15)28)11-21-24(34)32(25(35)31-21)12-22(33)30-20-8-4-3-7-19(20)29/h1-11H,12-13H2,(H,30,33)(H,31,35)/b21-11+. The third-order valence-corrected chi connectivity index (χ3v) is 6.62. The van der Waals surface area contributed by atoms with Gasteiger partial charge in [0.1, 0.15) is 30.4 Å². The number of imide groups is 1. The Bertz CT molecular complexity index is 1380. The minimum absolute atomic E-state index is 0.0118. The first kappa shape index (κ1) is 25.9. The molecule has 0 aliphatic carbocycles. The highest BCUT2D eigenvalue weighted by atomic mass is 79.9. The van der Waals surface area contributed by atoms with Crippen molar-refractivity contribution in [1.82, 2.24) is 10.2 Å². The van der Waals surface area contributed by atoms with Gasteiger partial charge in [0.05, 0.1) is 14.6 Å². The van der Waals surface area contributed by atoms with Gasteiger partial charge in [0, 0.05) is 10.6 Å². The Kier molecular flexibility index (Phi) is 8.07. The Balaban J connectivity index is 1.45. The van der Waals surface area contributed by atoms with E-state index >= 15 is 0 Å². The lowest BCUT2D eigenvalue weighted by Gasteiger charge is -2.13. The first-order valence-electron chi connectivity index (χ1n) is 10.5. The van der Waals surface area contributed by atoms with Crippen molar-refractivity contribution in [3.63, 3.8) is 0 Å². The quantitative estimate of drug-likeness (QED) is 0.242. The summed E-state index contributed by atoms with van der Waals surface area (Å²) in [7, 11) is 0. The van der Waals surface area contributed by atoms with Gasteiger partial charge in [-0.15, -0.1) is 0 Å². The molecule has 0 bridgehead atoms. The monoisotopic (exact) mass is 635 g/mol. The maximum Gasteiger partial charge on any atom is 0.329 e. The maximum absolute atomic E-state index is 13.8. The van der Waals surface area contributed by atoms with Gasteiger partial charge in [-0.25, -0.2) is 14.1 Å². The smallest absolute Gasteiger partial charge is 0.329 e. The summed E-state index contributed by atoms with van der Waals surface area (Å²) in [5.74, 6) is -1.49. The molecule has 36 heavy (non-hydrogen) atoms. The summed E-state index contributed by atoms with van der Waals surface area (Å²) in [4.78, 5) is 38.1. The molecule has 1 fully saturated rings. The van der Waals surface area contributed by atoms with E-state index in [0.717, 1.165) is 10.5 Å². The van der Waals surface area contributed by atoms with Crippen molar-refractivity contribution in [3.05, 3.63) is 97.3 Å². The lowest BCUT2D eigenvalue weighted by atomic mass is 10.2. The zero-order valence-corrected chi connectivity index (χ0v) is 22.3. The molecule has 4 rings (SSSR count). The fourth-order valence-electron chi connectivity index (χ4n) is 3.34. The minimum atomic E-state index is -0.757. The lowest BCUT2D eigenvalue weighted by molar-refractivity contribution is -0.127. The second-order valence-corrected chi connectivity index (χ2v) is 9.72. The zero-order valence-electron chi connectivity index (χ0n) is 18.4. The van der Waals surface area contributed by atoms with Crippen molar-refractivity contribution < 1.29 is 23.5 Å². The number of amides is 4. The Morgan fingerprint density at radius 2 is 1.75 bits per heavy atom. The van der Waals surface area contributed by atoms with Crippen LogP contribution in [0.25, 0.3) is 6.08 Å². The van der Waals surface area contributed by atoms with Crippen molar-refractivity contribution in [2.24, 2.45) is 0 Å². The molecule has 184 valence electrons. The van der Waals surface area contributed by atoms with E-state index in [1.165, 1.54) is 24.3 Å². The molecule has 0 atom stereocenters. The van der Waals surface area contributed by atoms with Crippen molar-refractivity contribution in [3.8, 4) is 5.75 Å². The third kappa shape index (κ3) is 5.95. The van der Waals surface area contributed by atoms with Gasteiger partial charge in [-0.2, -0.15) is 0 Å². The number of para-hydroxylation sites is 1. The summed E-state index contributed by atoms with van der Waals surface area (Å²) in [6.07, 6.45) is 1.47. The van der Waals surface area contributed by atoms with Crippen LogP contribution in [-0.2, 0) is 16.2 Å².